The Bertz CT molecular complexity index is 1110. The fourth-order valence-corrected chi connectivity index (χ4v) is 5.37. The summed E-state index contributed by atoms with van der Waals surface area (Å²) in [6.45, 7) is 1.21. The fraction of sp³-hybridized carbons (Fsp3) is 0.455. The number of fused-ring (bicyclic) bond motifs is 1. The lowest BCUT2D eigenvalue weighted by atomic mass is 10.0. The number of sulfonamides is 1. The van der Waals surface area contributed by atoms with Crippen molar-refractivity contribution in [3.8, 4) is 5.75 Å². The number of hydrogen-bond acceptors (Lipinski definition) is 5. The molecule has 0 bridgehead atoms. The van der Waals surface area contributed by atoms with E-state index in [2.05, 4.69) is 5.32 Å². The molecule has 2 fully saturated rings. The van der Waals surface area contributed by atoms with E-state index in [9.17, 15) is 23.1 Å². The Hall–Kier alpha value is -2.65. The first-order chi connectivity index (χ1) is 14.8. The predicted molar refractivity (Wildman–Crippen MR) is 117 cm³/mol. The van der Waals surface area contributed by atoms with Crippen molar-refractivity contribution in [3.63, 3.8) is 0 Å². The van der Waals surface area contributed by atoms with E-state index in [-0.39, 0.29) is 29.2 Å². The molecule has 0 aromatic heterocycles. The quantitative estimate of drug-likeness (QED) is 0.745. The maximum Gasteiger partial charge on any atom is 0.258 e. The number of amides is 2. The second-order valence-electron chi connectivity index (χ2n) is 8.28. The molecule has 1 atom stereocenters. The standard InChI is InChI=1S/C22H27N3O5S/c1-31(29,30)24-13-10-16(11-14-24)23-21(27)19-7-4-12-25(19)22(28)18-9-8-15-5-2-3-6-17(15)20(18)26/h2-3,5-6,8-9,16,19,26H,4,7,10-14H2,1H3,(H,23,27). The minimum atomic E-state index is -3.22. The summed E-state index contributed by atoms with van der Waals surface area (Å²) in [6, 6.07) is 9.99. The fourth-order valence-electron chi connectivity index (χ4n) is 4.49. The average Bonchev–Trinajstić information content (AvgIpc) is 3.24. The largest absolute Gasteiger partial charge is 0.506 e. The summed E-state index contributed by atoms with van der Waals surface area (Å²) in [6.07, 6.45) is 3.56. The zero-order valence-electron chi connectivity index (χ0n) is 17.5. The first-order valence-electron chi connectivity index (χ1n) is 10.5. The van der Waals surface area contributed by atoms with Crippen LogP contribution in [-0.2, 0) is 14.8 Å². The number of aromatic hydroxyl groups is 1. The zero-order chi connectivity index (χ0) is 22.2. The molecular weight excluding hydrogens is 418 g/mol. The average molecular weight is 446 g/mol. The van der Waals surface area contributed by atoms with Gasteiger partial charge in [-0.1, -0.05) is 30.3 Å². The third kappa shape index (κ3) is 4.38. The van der Waals surface area contributed by atoms with Gasteiger partial charge in [-0.15, -0.1) is 0 Å². The van der Waals surface area contributed by atoms with Gasteiger partial charge in [-0.25, -0.2) is 12.7 Å². The molecule has 2 aromatic carbocycles. The molecule has 2 aliphatic rings. The minimum Gasteiger partial charge on any atom is -0.506 e. The van der Waals surface area contributed by atoms with Crippen molar-refractivity contribution in [2.75, 3.05) is 25.9 Å². The van der Waals surface area contributed by atoms with Crippen LogP contribution in [0.4, 0.5) is 0 Å². The molecule has 2 aliphatic heterocycles. The summed E-state index contributed by atoms with van der Waals surface area (Å²) in [5, 5.41) is 15.1. The number of carbonyl (C=O) groups is 2. The molecule has 2 saturated heterocycles. The second-order valence-corrected chi connectivity index (χ2v) is 10.3. The molecule has 8 nitrogen and oxygen atoms in total. The van der Waals surface area contributed by atoms with E-state index < -0.39 is 16.1 Å². The highest BCUT2D eigenvalue weighted by Crippen LogP contribution is 2.31. The summed E-state index contributed by atoms with van der Waals surface area (Å²) in [5.41, 5.74) is 0.194. The number of hydrogen-bond donors (Lipinski definition) is 2. The van der Waals surface area contributed by atoms with E-state index in [1.807, 2.05) is 12.1 Å². The predicted octanol–water partition coefficient (Wildman–Crippen LogP) is 1.69. The van der Waals surface area contributed by atoms with Crippen molar-refractivity contribution >= 4 is 32.6 Å². The van der Waals surface area contributed by atoms with Crippen molar-refractivity contribution in [1.82, 2.24) is 14.5 Å². The van der Waals surface area contributed by atoms with Crippen molar-refractivity contribution < 1.29 is 23.1 Å². The number of phenolic OH excluding ortho intramolecular Hbond substituents is 1. The summed E-state index contributed by atoms with van der Waals surface area (Å²) >= 11 is 0. The Morgan fingerprint density at radius 2 is 1.74 bits per heavy atom. The van der Waals surface area contributed by atoms with Crippen molar-refractivity contribution in [2.24, 2.45) is 0 Å². The molecule has 4 rings (SSSR count). The number of phenols is 1. The maximum atomic E-state index is 13.2. The molecule has 0 aliphatic carbocycles. The molecule has 31 heavy (non-hydrogen) atoms. The molecule has 2 amide bonds. The zero-order valence-corrected chi connectivity index (χ0v) is 18.3. The first-order valence-corrected chi connectivity index (χ1v) is 12.4. The minimum absolute atomic E-state index is 0.0673. The second kappa shape index (κ2) is 8.47. The Kier molecular flexibility index (Phi) is 5.90. The highest BCUT2D eigenvalue weighted by atomic mass is 32.2. The van der Waals surface area contributed by atoms with E-state index in [0.29, 0.717) is 50.7 Å². The van der Waals surface area contributed by atoms with Gasteiger partial charge < -0.3 is 15.3 Å². The summed E-state index contributed by atoms with van der Waals surface area (Å²) < 4.78 is 24.7. The van der Waals surface area contributed by atoms with Crippen LogP contribution < -0.4 is 5.32 Å². The van der Waals surface area contributed by atoms with Gasteiger partial charge in [0.05, 0.1) is 11.8 Å². The lowest BCUT2D eigenvalue weighted by Crippen LogP contribution is -2.52. The van der Waals surface area contributed by atoms with Crippen LogP contribution >= 0.6 is 0 Å². The molecule has 0 saturated carbocycles. The van der Waals surface area contributed by atoms with Gasteiger partial charge in [-0.05, 0) is 37.1 Å². The Labute approximate surface area is 181 Å². The third-order valence-corrected chi connectivity index (χ3v) is 7.52. The van der Waals surface area contributed by atoms with Gasteiger partial charge in [0.1, 0.15) is 11.8 Å². The van der Waals surface area contributed by atoms with Crippen LogP contribution in [0.25, 0.3) is 10.8 Å². The molecule has 0 spiro atoms. The van der Waals surface area contributed by atoms with Crippen molar-refractivity contribution in [1.29, 1.82) is 0 Å². The molecule has 9 heteroatoms. The highest BCUT2D eigenvalue weighted by Gasteiger charge is 2.37. The Balaban J connectivity index is 1.45. The van der Waals surface area contributed by atoms with E-state index in [4.69, 9.17) is 0 Å². The van der Waals surface area contributed by atoms with Crippen LogP contribution in [0.15, 0.2) is 36.4 Å². The van der Waals surface area contributed by atoms with Crippen molar-refractivity contribution in [3.05, 3.63) is 42.0 Å². The summed E-state index contributed by atoms with van der Waals surface area (Å²) in [4.78, 5) is 27.7. The van der Waals surface area contributed by atoms with Gasteiger partial charge in [0, 0.05) is 31.1 Å². The van der Waals surface area contributed by atoms with Crippen LogP contribution in [0.5, 0.6) is 5.75 Å². The van der Waals surface area contributed by atoms with E-state index in [0.717, 1.165) is 5.39 Å². The van der Waals surface area contributed by atoms with Crippen LogP contribution in [0.1, 0.15) is 36.0 Å². The van der Waals surface area contributed by atoms with E-state index >= 15 is 0 Å². The van der Waals surface area contributed by atoms with Crippen LogP contribution in [0.2, 0.25) is 0 Å². The van der Waals surface area contributed by atoms with Gasteiger partial charge in [0.15, 0.2) is 0 Å². The maximum absolute atomic E-state index is 13.2. The van der Waals surface area contributed by atoms with Gasteiger partial charge in [-0.3, -0.25) is 9.59 Å². The molecule has 1 unspecified atom stereocenters. The number of rotatable bonds is 4. The van der Waals surface area contributed by atoms with Crippen LogP contribution in [0.3, 0.4) is 0 Å². The van der Waals surface area contributed by atoms with Crippen LogP contribution in [-0.4, -0.2) is 72.5 Å². The molecule has 166 valence electrons. The molecule has 2 N–H and O–H groups in total. The Morgan fingerprint density at radius 1 is 1.03 bits per heavy atom. The monoisotopic (exact) mass is 445 g/mol. The molecule has 2 aromatic rings. The van der Waals surface area contributed by atoms with Crippen LogP contribution in [0, 0.1) is 0 Å². The lowest BCUT2D eigenvalue weighted by Gasteiger charge is -2.32. The van der Waals surface area contributed by atoms with Crippen molar-refractivity contribution in [2.45, 2.75) is 37.8 Å². The number of nitrogens with one attached hydrogen (secondary N) is 1. The van der Waals surface area contributed by atoms with E-state index in [1.54, 1.807) is 24.3 Å². The van der Waals surface area contributed by atoms with Gasteiger partial charge in [0.2, 0.25) is 15.9 Å². The summed E-state index contributed by atoms with van der Waals surface area (Å²) in [7, 11) is -3.22. The third-order valence-electron chi connectivity index (χ3n) is 6.22. The molecule has 0 radical (unpaired) electrons. The number of benzene rings is 2. The normalized spacial score (nSPS) is 20.8. The summed E-state index contributed by atoms with van der Waals surface area (Å²) in [5.74, 6) is -0.640. The van der Waals surface area contributed by atoms with E-state index in [1.165, 1.54) is 15.5 Å². The topological polar surface area (TPSA) is 107 Å². The number of likely N-dealkylation sites (tertiary alicyclic amines) is 1. The van der Waals surface area contributed by atoms with Gasteiger partial charge >= 0.3 is 0 Å². The first kappa shape index (κ1) is 21.6. The lowest BCUT2D eigenvalue weighted by molar-refractivity contribution is -0.125. The number of piperidine rings is 1. The smallest absolute Gasteiger partial charge is 0.258 e. The highest BCUT2D eigenvalue weighted by molar-refractivity contribution is 7.88. The number of carbonyl (C=O) groups excluding carboxylic acids is 2. The molecular formula is C22H27N3O5S. The SMILES string of the molecule is CS(=O)(=O)N1CCC(NC(=O)C2CCCN2C(=O)c2ccc3ccccc3c2O)CC1. The van der Waals surface area contributed by atoms with Gasteiger partial charge in [0.25, 0.3) is 5.91 Å². The van der Waals surface area contributed by atoms with Gasteiger partial charge in [-0.2, -0.15) is 0 Å². The Morgan fingerprint density at radius 3 is 2.45 bits per heavy atom. The number of nitrogens with zero attached hydrogens (tertiary/aromatic N) is 2. The molecule has 2 heterocycles.